The van der Waals surface area contributed by atoms with Gasteiger partial charge in [0, 0.05) is 12.3 Å². The number of hydrogen-bond donors (Lipinski definition) is 2. The molecule has 86 valence electrons. The van der Waals surface area contributed by atoms with E-state index in [1.807, 2.05) is 7.05 Å². The molecule has 0 atom stereocenters. The number of rotatable bonds is 11. The van der Waals surface area contributed by atoms with Gasteiger partial charge in [-0.05, 0) is 7.05 Å². The molecule has 0 fully saturated rings. The Morgan fingerprint density at radius 3 is 1.86 bits per heavy atom. The van der Waals surface area contributed by atoms with E-state index in [9.17, 15) is 0 Å². The number of nitrogens with one attached hydrogen (secondary N) is 1. The van der Waals surface area contributed by atoms with Gasteiger partial charge in [-0.15, -0.1) is 0 Å². The maximum atomic E-state index is 5.27. The van der Waals surface area contributed by atoms with Gasteiger partial charge in [0.15, 0.2) is 0 Å². The Morgan fingerprint density at radius 1 is 0.857 bits per heavy atom. The van der Waals surface area contributed by atoms with Gasteiger partial charge in [0.1, 0.15) is 0 Å². The van der Waals surface area contributed by atoms with Crippen LogP contribution < -0.4 is 5.32 Å². The molecule has 1 N–H and O–H groups in total. The highest BCUT2D eigenvalue weighted by Crippen LogP contribution is 1.82. The number of likely N-dealkylation sites (N-methyl/N-ethyl adjacent to an activating group) is 1. The van der Waals surface area contributed by atoms with Crippen molar-refractivity contribution in [1.29, 1.82) is 0 Å². The topological polar surface area (TPSA) is 39.7 Å². The van der Waals surface area contributed by atoms with Crippen molar-refractivity contribution >= 4 is 12.6 Å². The van der Waals surface area contributed by atoms with Gasteiger partial charge in [-0.2, -0.15) is 12.6 Å². The normalized spacial score (nSPS) is 10.7. The third-order valence-corrected chi connectivity index (χ3v) is 1.66. The Kier molecular flexibility index (Phi) is 13.4. The zero-order valence-electron chi connectivity index (χ0n) is 8.83. The van der Waals surface area contributed by atoms with Gasteiger partial charge in [0.2, 0.25) is 0 Å². The first-order valence-corrected chi connectivity index (χ1v) is 5.53. The van der Waals surface area contributed by atoms with Crippen molar-refractivity contribution in [3.63, 3.8) is 0 Å². The van der Waals surface area contributed by atoms with E-state index in [0.29, 0.717) is 33.0 Å². The molecular weight excluding hydrogens is 202 g/mol. The molecule has 0 rings (SSSR count). The van der Waals surface area contributed by atoms with Gasteiger partial charge in [-0.25, -0.2) is 0 Å². The molecule has 0 aromatic heterocycles. The lowest BCUT2D eigenvalue weighted by Crippen LogP contribution is -2.16. The van der Waals surface area contributed by atoms with Crippen LogP contribution in [-0.2, 0) is 14.2 Å². The van der Waals surface area contributed by atoms with E-state index in [2.05, 4.69) is 17.9 Å². The molecule has 4 nitrogen and oxygen atoms in total. The fraction of sp³-hybridized carbons (Fsp3) is 1.00. The zero-order valence-corrected chi connectivity index (χ0v) is 9.72. The Balaban J connectivity index is 2.78. The molecule has 0 aromatic rings. The minimum atomic E-state index is 0.628. The smallest absolute Gasteiger partial charge is 0.0701 e. The largest absolute Gasteiger partial charge is 0.378 e. The molecule has 0 aliphatic rings. The first-order valence-electron chi connectivity index (χ1n) is 4.90. The summed E-state index contributed by atoms with van der Waals surface area (Å²) in [5.74, 6) is 0.757. The molecule has 0 saturated carbocycles. The quantitative estimate of drug-likeness (QED) is 0.387. The molecule has 14 heavy (non-hydrogen) atoms. The molecular formula is C9H21NO3S. The summed E-state index contributed by atoms with van der Waals surface area (Å²) >= 11 is 4.02. The third-order valence-electron chi connectivity index (χ3n) is 1.48. The lowest BCUT2D eigenvalue weighted by molar-refractivity contribution is 0.0183. The summed E-state index contributed by atoms with van der Waals surface area (Å²) in [4.78, 5) is 0. The maximum absolute atomic E-state index is 5.27. The molecule has 0 bridgehead atoms. The summed E-state index contributed by atoms with van der Waals surface area (Å²) < 4.78 is 15.7. The van der Waals surface area contributed by atoms with Crippen molar-refractivity contribution in [3.05, 3.63) is 0 Å². The summed E-state index contributed by atoms with van der Waals surface area (Å²) in [5, 5.41) is 3.00. The number of hydrogen-bond acceptors (Lipinski definition) is 5. The molecule has 0 aromatic carbocycles. The summed E-state index contributed by atoms with van der Waals surface area (Å²) in [6.07, 6.45) is 0. The Labute approximate surface area is 91.7 Å². The monoisotopic (exact) mass is 223 g/mol. The molecule has 5 heteroatoms. The van der Waals surface area contributed by atoms with Crippen molar-refractivity contribution in [2.75, 3.05) is 59.0 Å². The van der Waals surface area contributed by atoms with Crippen LogP contribution in [0.15, 0.2) is 0 Å². The lowest BCUT2D eigenvalue weighted by atomic mass is 10.6. The van der Waals surface area contributed by atoms with Gasteiger partial charge in [-0.3, -0.25) is 0 Å². The van der Waals surface area contributed by atoms with Crippen LogP contribution in [0.5, 0.6) is 0 Å². The van der Waals surface area contributed by atoms with Gasteiger partial charge in [0.05, 0.1) is 39.6 Å². The molecule has 0 unspecified atom stereocenters. The van der Waals surface area contributed by atoms with Crippen LogP contribution in [0.2, 0.25) is 0 Å². The number of ether oxygens (including phenoxy) is 3. The molecule has 0 aliphatic carbocycles. The molecule has 0 heterocycles. The van der Waals surface area contributed by atoms with E-state index in [4.69, 9.17) is 14.2 Å². The fourth-order valence-corrected chi connectivity index (χ4v) is 0.910. The van der Waals surface area contributed by atoms with Crippen LogP contribution in [0.1, 0.15) is 0 Å². The van der Waals surface area contributed by atoms with Crippen LogP contribution in [0.4, 0.5) is 0 Å². The molecule has 0 saturated heterocycles. The molecule has 0 amide bonds. The predicted molar refractivity (Wildman–Crippen MR) is 60.2 cm³/mol. The minimum absolute atomic E-state index is 0.628. The molecule has 0 spiro atoms. The molecule has 0 radical (unpaired) electrons. The second kappa shape index (κ2) is 13.2. The van der Waals surface area contributed by atoms with Crippen molar-refractivity contribution in [2.24, 2.45) is 0 Å². The fourth-order valence-electron chi connectivity index (χ4n) is 0.781. The van der Waals surface area contributed by atoms with E-state index in [0.717, 1.165) is 18.9 Å². The van der Waals surface area contributed by atoms with Crippen molar-refractivity contribution in [3.8, 4) is 0 Å². The second-order valence-corrected chi connectivity index (χ2v) is 3.11. The van der Waals surface area contributed by atoms with Gasteiger partial charge in [0.25, 0.3) is 0 Å². The van der Waals surface area contributed by atoms with E-state index >= 15 is 0 Å². The van der Waals surface area contributed by atoms with Crippen LogP contribution >= 0.6 is 12.6 Å². The Morgan fingerprint density at radius 2 is 1.36 bits per heavy atom. The highest BCUT2D eigenvalue weighted by atomic mass is 32.1. The summed E-state index contributed by atoms with van der Waals surface area (Å²) in [7, 11) is 1.90. The maximum Gasteiger partial charge on any atom is 0.0701 e. The third kappa shape index (κ3) is 12.2. The summed E-state index contributed by atoms with van der Waals surface area (Å²) in [6.45, 7) is 4.84. The average molecular weight is 223 g/mol. The standard InChI is InChI=1S/C9H21NO3S/c1-10-2-3-11-4-5-12-6-7-13-8-9-14/h10,14H,2-9H2,1H3. The van der Waals surface area contributed by atoms with Crippen molar-refractivity contribution in [1.82, 2.24) is 5.32 Å². The van der Waals surface area contributed by atoms with E-state index in [-0.39, 0.29) is 0 Å². The van der Waals surface area contributed by atoms with E-state index < -0.39 is 0 Å². The highest BCUT2D eigenvalue weighted by molar-refractivity contribution is 7.80. The van der Waals surface area contributed by atoms with Crippen molar-refractivity contribution in [2.45, 2.75) is 0 Å². The second-order valence-electron chi connectivity index (χ2n) is 2.66. The van der Waals surface area contributed by atoms with E-state index in [1.165, 1.54) is 0 Å². The SMILES string of the molecule is CNCCOCCOCCOCCS. The summed E-state index contributed by atoms with van der Waals surface area (Å²) in [6, 6.07) is 0. The number of thiol groups is 1. The van der Waals surface area contributed by atoms with Gasteiger partial charge < -0.3 is 19.5 Å². The van der Waals surface area contributed by atoms with Crippen LogP contribution in [0.3, 0.4) is 0 Å². The average Bonchev–Trinajstić information content (AvgIpc) is 2.21. The highest BCUT2D eigenvalue weighted by Gasteiger charge is 1.90. The van der Waals surface area contributed by atoms with Crippen LogP contribution in [0.25, 0.3) is 0 Å². The first-order chi connectivity index (χ1) is 6.91. The predicted octanol–water partition coefficient (Wildman–Crippen LogP) is 0.185. The van der Waals surface area contributed by atoms with Gasteiger partial charge >= 0.3 is 0 Å². The minimum Gasteiger partial charge on any atom is -0.378 e. The van der Waals surface area contributed by atoms with E-state index in [1.54, 1.807) is 0 Å². The van der Waals surface area contributed by atoms with Crippen LogP contribution in [0, 0.1) is 0 Å². The lowest BCUT2D eigenvalue weighted by Gasteiger charge is -2.05. The Bertz CT molecular complexity index is 94.1. The first kappa shape index (κ1) is 14.2. The van der Waals surface area contributed by atoms with Crippen molar-refractivity contribution < 1.29 is 14.2 Å². The van der Waals surface area contributed by atoms with Crippen LogP contribution in [-0.4, -0.2) is 59.0 Å². The Hall–Kier alpha value is 0.190. The van der Waals surface area contributed by atoms with Gasteiger partial charge in [-0.1, -0.05) is 0 Å². The molecule has 0 aliphatic heterocycles. The zero-order chi connectivity index (χ0) is 10.5. The summed E-state index contributed by atoms with van der Waals surface area (Å²) in [5.41, 5.74) is 0.